The number of nitrogens with one attached hydrogen (secondary N) is 2. The van der Waals surface area contributed by atoms with Gasteiger partial charge in [0.15, 0.2) is 0 Å². The van der Waals surface area contributed by atoms with Crippen molar-refractivity contribution in [3.63, 3.8) is 0 Å². The van der Waals surface area contributed by atoms with Crippen molar-refractivity contribution in [1.82, 2.24) is 10.0 Å². The number of carbonyl (C=O) groups excluding carboxylic acids is 1. The third-order valence-electron chi connectivity index (χ3n) is 4.90. The second-order valence-corrected chi connectivity index (χ2v) is 8.85. The lowest BCUT2D eigenvalue weighted by molar-refractivity contribution is 0.0954. The zero-order chi connectivity index (χ0) is 22.3. The zero-order valence-corrected chi connectivity index (χ0v) is 18.4. The molecule has 0 saturated carbocycles. The minimum atomic E-state index is -3.78. The van der Waals surface area contributed by atoms with Gasteiger partial charge >= 0.3 is 0 Å². The van der Waals surface area contributed by atoms with Crippen LogP contribution in [0.3, 0.4) is 0 Å². The summed E-state index contributed by atoms with van der Waals surface area (Å²) in [5.74, 6) is 0.461. The van der Waals surface area contributed by atoms with Crippen LogP contribution in [0.1, 0.15) is 34.5 Å². The van der Waals surface area contributed by atoms with E-state index in [4.69, 9.17) is 4.74 Å². The van der Waals surface area contributed by atoms with E-state index in [1.165, 1.54) is 12.1 Å². The van der Waals surface area contributed by atoms with Crippen LogP contribution < -0.4 is 14.8 Å². The fraction of sp³-hybridized carbons (Fsp3) is 0.208. The molecule has 162 valence electrons. The van der Waals surface area contributed by atoms with Gasteiger partial charge in [0.1, 0.15) is 5.75 Å². The van der Waals surface area contributed by atoms with E-state index in [2.05, 4.69) is 10.0 Å². The molecule has 0 aliphatic carbocycles. The Morgan fingerprint density at radius 1 is 0.968 bits per heavy atom. The van der Waals surface area contributed by atoms with Crippen molar-refractivity contribution in [2.45, 2.75) is 24.3 Å². The Morgan fingerprint density at radius 3 is 2.35 bits per heavy atom. The fourth-order valence-corrected chi connectivity index (χ4v) is 4.41. The minimum absolute atomic E-state index is 0.0538. The molecule has 0 heterocycles. The molecular formula is C24H26N2O4S. The van der Waals surface area contributed by atoms with Crippen LogP contribution in [0.5, 0.6) is 5.75 Å². The van der Waals surface area contributed by atoms with Crippen LogP contribution in [-0.2, 0) is 16.4 Å². The van der Waals surface area contributed by atoms with Crippen LogP contribution in [0.25, 0.3) is 0 Å². The minimum Gasteiger partial charge on any atom is -0.497 e. The van der Waals surface area contributed by atoms with E-state index >= 15 is 0 Å². The predicted molar refractivity (Wildman–Crippen MR) is 121 cm³/mol. The molecule has 0 aromatic heterocycles. The molecule has 0 saturated heterocycles. The molecule has 0 aliphatic rings. The Labute approximate surface area is 183 Å². The van der Waals surface area contributed by atoms with Crippen molar-refractivity contribution >= 4 is 15.9 Å². The number of benzene rings is 3. The van der Waals surface area contributed by atoms with Crippen molar-refractivity contribution in [3.8, 4) is 5.75 Å². The monoisotopic (exact) mass is 438 g/mol. The van der Waals surface area contributed by atoms with E-state index in [9.17, 15) is 13.2 Å². The quantitative estimate of drug-likeness (QED) is 0.533. The SMILES string of the molecule is COc1ccc(CCNC(=O)c2cccc(S(=O)(=O)N[C@@H](C)c3ccccc3)c2)cc1. The Bertz CT molecular complexity index is 1110. The third-order valence-corrected chi connectivity index (χ3v) is 6.43. The van der Waals surface area contributed by atoms with Crippen LogP contribution in [0, 0.1) is 0 Å². The van der Waals surface area contributed by atoms with Gasteiger partial charge in [0, 0.05) is 18.2 Å². The number of carbonyl (C=O) groups is 1. The second-order valence-electron chi connectivity index (χ2n) is 7.14. The largest absolute Gasteiger partial charge is 0.497 e. The van der Waals surface area contributed by atoms with Gasteiger partial charge in [0.25, 0.3) is 5.91 Å². The van der Waals surface area contributed by atoms with Crippen LogP contribution in [-0.4, -0.2) is 28.0 Å². The zero-order valence-electron chi connectivity index (χ0n) is 17.5. The topological polar surface area (TPSA) is 84.5 Å². The summed E-state index contributed by atoms with van der Waals surface area (Å²) in [6.07, 6.45) is 0.657. The first-order valence-corrected chi connectivity index (χ1v) is 11.5. The van der Waals surface area contributed by atoms with Crippen LogP contribution >= 0.6 is 0 Å². The Morgan fingerprint density at radius 2 is 1.68 bits per heavy atom. The molecule has 1 atom stereocenters. The van der Waals surface area contributed by atoms with E-state index in [1.807, 2.05) is 54.6 Å². The van der Waals surface area contributed by atoms with Crippen LogP contribution in [0.4, 0.5) is 0 Å². The number of rotatable bonds is 9. The van der Waals surface area contributed by atoms with Crippen molar-refractivity contribution in [1.29, 1.82) is 0 Å². The molecule has 0 spiro atoms. The number of ether oxygens (including phenoxy) is 1. The number of sulfonamides is 1. The van der Waals surface area contributed by atoms with Crippen LogP contribution in [0.2, 0.25) is 0 Å². The molecule has 0 bridgehead atoms. The molecule has 1 amide bonds. The van der Waals surface area contributed by atoms with E-state index in [1.54, 1.807) is 26.2 Å². The third kappa shape index (κ3) is 6.16. The van der Waals surface area contributed by atoms with Gasteiger partial charge in [-0.25, -0.2) is 13.1 Å². The standard InChI is InChI=1S/C24H26N2O4S/c1-18(20-7-4-3-5-8-20)26-31(28,29)23-10-6-9-21(17-23)24(27)25-16-15-19-11-13-22(30-2)14-12-19/h3-14,17-18,26H,15-16H2,1-2H3,(H,25,27)/t18-/m0/s1. The second kappa shape index (κ2) is 10.2. The highest BCUT2D eigenvalue weighted by molar-refractivity contribution is 7.89. The molecule has 0 radical (unpaired) electrons. The first kappa shape index (κ1) is 22.5. The van der Waals surface area contributed by atoms with Gasteiger partial charge in [-0.1, -0.05) is 48.5 Å². The van der Waals surface area contributed by atoms with Crippen molar-refractivity contribution in [2.24, 2.45) is 0 Å². The lowest BCUT2D eigenvalue weighted by Crippen LogP contribution is -2.28. The maximum Gasteiger partial charge on any atom is 0.251 e. The van der Waals surface area contributed by atoms with E-state index in [0.29, 0.717) is 18.5 Å². The Hall–Kier alpha value is -3.16. The highest BCUT2D eigenvalue weighted by Gasteiger charge is 2.19. The highest BCUT2D eigenvalue weighted by atomic mass is 32.2. The molecule has 0 unspecified atom stereocenters. The fourth-order valence-electron chi connectivity index (χ4n) is 3.13. The molecular weight excluding hydrogens is 412 g/mol. The summed E-state index contributed by atoms with van der Waals surface area (Å²) in [4.78, 5) is 12.6. The Balaban J connectivity index is 1.62. The van der Waals surface area contributed by atoms with Gasteiger partial charge in [-0.05, 0) is 54.8 Å². The number of amides is 1. The lowest BCUT2D eigenvalue weighted by Gasteiger charge is -2.15. The number of hydrogen-bond acceptors (Lipinski definition) is 4. The summed E-state index contributed by atoms with van der Waals surface area (Å²) >= 11 is 0. The van der Waals surface area contributed by atoms with Crippen molar-refractivity contribution in [2.75, 3.05) is 13.7 Å². The summed E-state index contributed by atoms with van der Waals surface area (Å²) < 4.78 is 33.4. The predicted octanol–water partition coefficient (Wildman–Crippen LogP) is 3.71. The van der Waals surface area contributed by atoms with Gasteiger partial charge in [-0.2, -0.15) is 0 Å². The maximum absolute atomic E-state index is 12.8. The van der Waals surface area contributed by atoms with E-state index < -0.39 is 16.1 Å². The van der Waals surface area contributed by atoms with Crippen molar-refractivity contribution in [3.05, 3.63) is 95.6 Å². The summed E-state index contributed by atoms with van der Waals surface area (Å²) in [6, 6.07) is 22.6. The van der Waals surface area contributed by atoms with Gasteiger partial charge < -0.3 is 10.1 Å². The highest BCUT2D eigenvalue weighted by Crippen LogP contribution is 2.18. The molecule has 0 aliphatic heterocycles. The molecule has 31 heavy (non-hydrogen) atoms. The first-order chi connectivity index (χ1) is 14.9. The summed E-state index contributed by atoms with van der Waals surface area (Å²) in [5, 5.41) is 2.84. The summed E-state index contributed by atoms with van der Waals surface area (Å²) in [5.41, 5.74) is 2.22. The number of methoxy groups -OCH3 is 1. The smallest absolute Gasteiger partial charge is 0.251 e. The van der Waals surface area contributed by atoms with Gasteiger partial charge in [0.2, 0.25) is 10.0 Å². The molecule has 0 fully saturated rings. The molecule has 3 aromatic rings. The number of hydrogen-bond donors (Lipinski definition) is 2. The van der Waals surface area contributed by atoms with Gasteiger partial charge in [-0.3, -0.25) is 4.79 Å². The van der Waals surface area contributed by atoms with E-state index in [-0.39, 0.29) is 10.8 Å². The van der Waals surface area contributed by atoms with Crippen molar-refractivity contribution < 1.29 is 17.9 Å². The van der Waals surface area contributed by atoms with Crippen LogP contribution in [0.15, 0.2) is 83.8 Å². The Kier molecular flexibility index (Phi) is 7.44. The van der Waals surface area contributed by atoms with Gasteiger partial charge in [0.05, 0.1) is 12.0 Å². The summed E-state index contributed by atoms with van der Waals surface area (Å²) in [6.45, 7) is 2.22. The molecule has 6 nitrogen and oxygen atoms in total. The van der Waals surface area contributed by atoms with E-state index in [0.717, 1.165) is 16.9 Å². The molecule has 3 rings (SSSR count). The molecule has 7 heteroatoms. The lowest BCUT2D eigenvalue weighted by atomic mass is 10.1. The average molecular weight is 439 g/mol. The average Bonchev–Trinajstić information content (AvgIpc) is 2.80. The first-order valence-electron chi connectivity index (χ1n) is 9.97. The maximum atomic E-state index is 12.8. The summed E-state index contributed by atoms with van der Waals surface area (Å²) in [7, 11) is -2.16. The normalized spacial score (nSPS) is 12.2. The molecule has 3 aromatic carbocycles. The molecule has 2 N–H and O–H groups in total. The van der Waals surface area contributed by atoms with Gasteiger partial charge in [-0.15, -0.1) is 0 Å².